The van der Waals surface area contributed by atoms with Crippen LogP contribution < -0.4 is 5.73 Å². The number of hydrogen-bond acceptors (Lipinski definition) is 6. The molecule has 3 rings (SSSR count). The summed E-state index contributed by atoms with van der Waals surface area (Å²) in [6.45, 7) is 4.39. The average Bonchev–Trinajstić information content (AvgIpc) is 3.04. The Balaban J connectivity index is 1.87. The molecule has 5 unspecified atom stereocenters. The molecule has 28 heavy (non-hydrogen) atoms. The van der Waals surface area contributed by atoms with Crippen LogP contribution in [0.2, 0.25) is 0 Å². The summed E-state index contributed by atoms with van der Waals surface area (Å²) in [4.78, 5) is 17.8. The fourth-order valence-electron chi connectivity index (χ4n) is 4.69. The molecule has 0 aliphatic carbocycles. The van der Waals surface area contributed by atoms with Gasteiger partial charge in [-0.2, -0.15) is 0 Å². The first-order valence-electron chi connectivity index (χ1n) is 9.90. The highest BCUT2D eigenvalue weighted by Crippen LogP contribution is 2.42. The maximum atomic E-state index is 11.2. The number of ether oxygens (including phenoxy) is 1. The van der Waals surface area contributed by atoms with Crippen LogP contribution in [-0.2, 0) is 9.53 Å². The molecule has 0 spiro atoms. The van der Waals surface area contributed by atoms with Gasteiger partial charge in [-0.1, -0.05) is 36.4 Å². The SMILES string of the molecule is CN1C(C(O)c2ccccc2)CCC1C(C1=CCC(N)N=C1)C(C)(C)OC=O. The summed E-state index contributed by atoms with van der Waals surface area (Å²) < 4.78 is 5.51. The molecule has 6 heteroatoms. The number of dihydropyridines is 1. The van der Waals surface area contributed by atoms with Crippen molar-refractivity contribution < 1.29 is 14.6 Å². The summed E-state index contributed by atoms with van der Waals surface area (Å²) in [6.07, 6.45) is 5.60. The molecule has 0 amide bonds. The first kappa shape index (κ1) is 20.7. The van der Waals surface area contributed by atoms with Crippen LogP contribution in [0.15, 0.2) is 47.0 Å². The van der Waals surface area contributed by atoms with Crippen molar-refractivity contribution in [2.45, 2.75) is 63.1 Å². The van der Waals surface area contributed by atoms with Crippen LogP contribution in [0.1, 0.15) is 44.8 Å². The van der Waals surface area contributed by atoms with E-state index < -0.39 is 11.7 Å². The van der Waals surface area contributed by atoms with Crippen molar-refractivity contribution in [1.29, 1.82) is 0 Å². The number of nitrogens with two attached hydrogens (primary N) is 1. The zero-order valence-corrected chi connectivity index (χ0v) is 16.9. The number of carbonyl (C=O) groups is 1. The minimum Gasteiger partial charge on any atom is -0.461 e. The van der Waals surface area contributed by atoms with Gasteiger partial charge in [0.25, 0.3) is 6.47 Å². The van der Waals surface area contributed by atoms with Gasteiger partial charge in [0.2, 0.25) is 0 Å². The van der Waals surface area contributed by atoms with E-state index in [1.807, 2.05) is 57.4 Å². The minimum absolute atomic E-state index is 0.00492. The highest BCUT2D eigenvalue weighted by molar-refractivity contribution is 5.81. The quantitative estimate of drug-likeness (QED) is 0.704. The Bertz CT molecular complexity index is 732. The van der Waals surface area contributed by atoms with E-state index in [1.54, 1.807) is 0 Å². The molecular formula is C22H31N3O3. The maximum absolute atomic E-state index is 11.2. The lowest BCUT2D eigenvalue weighted by Crippen LogP contribution is -2.49. The zero-order chi connectivity index (χ0) is 20.3. The third-order valence-corrected chi connectivity index (χ3v) is 6.16. The predicted molar refractivity (Wildman–Crippen MR) is 110 cm³/mol. The second-order valence-electron chi connectivity index (χ2n) is 8.31. The number of aliphatic imine (C=N–C) groups is 1. The number of rotatable bonds is 7. The fraction of sp³-hybridized carbons (Fsp3) is 0.545. The van der Waals surface area contributed by atoms with Gasteiger partial charge in [0.05, 0.1) is 6.10 Å². The molecule has 0 aromatic heterocycles. The Morgan fingerprint density at radius 2 is 1.96 bits per heavy atom. The van der Waals surface area contributed by atoms with Crippen molar-refractivity contribution in [3.05, 3.63) is 47.5 Å². The topological polar surface area (TPSA) is 88.2 Å². The lowest BCUT2D eigenvalue weighted by atomic mass is 9.77. The van der Waals surface area contributed by atoms with Gasteiger partial charge in [0.15, 0.2) is 0 Å². The molecule has 152 valence electrons. The monoisotopic (exact) mass is 385 g/mol. The standard InChI is InChI=1S/C22H31N3O3/c1-22(2,28-14-26)20(16-9-12-19(23)24-13-16)17-10-11-18(25(17)3)21(27)15-7-5-4-6-8-15/h4-9,13-14,17-21,27H,10-12,23H2,1-3H3. The Morgan fingerprint density at radius 3 is 2.57 bits per heavy atom. The molecule has 1 aromatic rings. The normalized spacial score (nSPS) is 27.9. The summed E-state index contributed by atoms with van der Waals surface area (Å²) in [5, 5.41) is 11.0. The van der Waals surface area contributed by atoms with Gasteiger partial charge in [-0.3, -0.25) is 14.7 Å². The van der Waals surface area contributed by atoms with Gasteiger partial charge in [-0.05, 0) is 44.9 Å². The third-order valence-electron chi connectivity index (χ3n) is 6.16. The minimum atomic E-state index is -0.702. The molecule has 2 aliphatic heterocycles. The summed E-state index contributed by atoms with van der Waals surface area (Å²) in [6, 6.07) is 9.88. The van der Waals surface area contributed by atoms with E-state index in [-0.39, 0.29) is 24.2 Å². The summed E-state index contributed by atoms with van der Waals surface area (Å²) >= 11 is 0. The number of likely N-dealkylation sites (tertiary alicyclic amines) is 1. The van der Waals surface area contributed by atoms with Crippen LogP contribution in [0.5, 0.6) is 0 Å². The van der Waals surface area contributed by atoms with E-state index in [4.69, 9.17) is 10.5 Å². The molecule has 2 aliphatic rings. The number of hydrogen-bond donors (Lipinski definition) is 2. The van der Waals surface area contributed by atoms with Gasteiger partial charge in [-0.15, -0.1) is 0 Å². The van der Waals surface area contributed by atoms with Gasteiger partial charge < -0.3 is 15.6 Å². The molecule has 3 N–H and O–H groups in total. The second-order valence-corrected chi connectivity index (χ2v) is 8.31. The van der Waals surface area contributed by atoms with Crippen LogP contribution in [0, 0.1) is 5.92 Å². The van der Waals surface area contributed by atoms with Crippen molar-refractivity contribution in [2.24, 2.45) is 16.6 Å². The van der Waals surface area contributed by atoms with E-state index in [9.17, 15) is 9.90 Å². The first-order chi connectivity index (χ1) is 13.3. The van der Waals surface area contributed by atoms with Crippen molar-refractivity contribution in [2.75, 3.05) is 7.05 Å². The molecule has 1 aromatic carbocycles. The number of aliphatic hydroxyl groups is 1. The van der Waals surface area contributed by atoms with E-state index in [2.05, 4.69) is 16.0 Å². The zero-order valence-electron chi connectivity index (χ0n) is 16.9. The fourth-order valence-corrected chi connectivity index (χ4v) is 4.69. The Hall–Kier alpha value is -2.02. The number of aliphatic hydroxyl groups excluding tert-OH is 1. The lowest BCUT2D eigenvalue weighted by Gasteiger charge is -2.42. The van der Waals surface area contributed by atoms with Crippen LogP contribution in [0.4, 0.5) is 0 Å². The lowest BCUT2D eigenvalue weighted by molar-refractivity contribution is -0.146. The van der Waals surface area contributed by atoms with Gasteiger partial charge in [-0.25, -0.2) is 0 Å². The van der Waals surface area contributed by atoms with Crippen LogP contribution in [-0.4, -0.2) is 53.6 Å². The molecule has 0 radical (unpaired) electrons. The molecule has 2 heterocycles. The molecule has 1 saturated heterocycles. The molecule has 5 atom stereocenters. The number of carbonyl (C=O) groups excluding carboxylic acids is 1. The number of nitrogens with zero attached hydrogens (tertiary/aromatic N) is 2. The van der Waals surface area contributed by atoms with Crippen molar-refractivity contribution in [1.82, 2.24) is 4.90 Å². The Kier molecular flexibility index (Phi) is 6.33. The molecule has 6 nitrogen and oxygen atoms in total. The van der Waals surface area contributed by atoms with Crippen molar-refractivity contribution in [3.8, 4) is 0 Å². The number of likely N-dealkylation sites (N-methyl/N-ethyl adjacent to an activating group) is 1. The van der Waals surface area contributed by atoms with E-state index >= 15 is 0 Å². The van der Waals surface area contributed by atoms with Crippen LogP contribution in [0.25, 0.3) is 0 Å². The van der Waals surface area contributed by atoms with Crippen molar-refractivity contribution in [3.63, 3.8) is 0 Å². The summed E-state index contributed by atoms with van der Waals surface area (Å²) in [5.41, 5.74) is 7.16. The molecule has 0 bridgehead atoms. The van der Waals surface area contributed by atoms with E-state index in [0.29, 0.717) is 12.9 Å². The highest BCUT2D eigenvalue weighted by atomic mass is 16.5. The Labute approximate surface area is 167 Å². The summed E-state index contributed by atoms with van der Waals surface area (Å²) in [5.74, 6) is -0.0630. The highest BCUT2D eigenvalue weighted by Gasteiger charge is 2.47. The van der Waals surface area contributed by atoms with E-state index in [1.165, 1.54) is 0 Å². The van der Waals surface area contributed by atoms with Gasteiger partial charge in [0, 0.05) is 30.6 Å². The molecular weight excluding hydrogens is 354 g/mol. The smallest absolute Gasteiger partial charge is 0.293 e. The van der Waals surface area contributed by atoms with E-state index in [0.717, 1.165) is 24.0 Å². The van der Waals surface area contributed by atoms with Gasteiger partial charge >= 0.3 is 0 Å². The molecule has 1 fully saturated rings. The maximum Gasteiger partial charge on any atom is 0.293 e. The second kappa shape index (κ2) is 8.55. The third kappa shape index (κ3) is 4.19. The largest absolute Gasteiger partial charge is 0.461 e. The Morgan fingerprint density at radius 1 is 1.29 bits per heavy atom. The average molecular weight is 386 g/mol. The van der Waals surface area contributed by atoms with Gasteiger partial charge in [0.1, 0.15) is 11.8 Å². The van der Waals surface area contributed by atoms with Crippen molar-refractivity contribution >= 4 is 12.7 Å². The predicted octanol–water partition coefficient (Wildman–Crippen LogP) is 2.44. The van der Waals surface area contributed by atoms with Crippen LogP contribution >= 0.6 is 0 Å². The molecule has 0 saturated carbocycles. The first-order valence-corrected chi connectivity index (χ1v) is 9.90. The summed E-state index contributed by atoms with van der Waals surface area (Å²) in [7, 11) is 2.05. The van der Waals surface area contributed by atoms with Crippen LogP contribution in [0.3, 0.4) is 0 Å². The number of benzene rings is 1.